The highest BCUT2D eigenvalue weighted by Gasteiger charge is 2.18. The summed E-state index contributed by atoms with van der Waals surface area (Å²) in [6.45, 7) is 1.93. The molecule has 0 aliphatic heterocycles. The van der Waals surface area contributed by atoms with Gasteiger partial charge in [-0.2, -0.15) is 10.2 Å². The third-order valence-electron chi connectivity index (χ3n) is 3.38. The number of rotatable bonds is 3. The topological polar surface area (TPSA) is 64.6 Å². The molecule has 1 N–H and O–H groups in total. The van der Waals surface area contributed by atoms with Crippen LogP contribution in [0.5, 0.6) is 0 Å². The Balaban J connectivity index is 2.26. The molecular weight excluding hydrogens is 306 g/mol. The van der Waals surface area contributed by atoms with Gasteiger partial charge in [0.15, 0.2) is 5.82 Å². The summed E-state index contributed by atoms with van der Waals surface area (Å²) in [6.07, 6.45) is 1.83. The first kappa shape index (κ1) is 15.1. The second kappa shape index (κ2) is 6.15. The van der Waals surface area contributed by atoms with Gasteiger partial charge in [-0.1, -0.05) is 30.3 Å². The molecule has 0 radical (unpaired) electrons. The van der Waals surface area contributed by atoms with Crippen molar-refractivity contribution in [2.75, 3.05) is 19.4 Å². The standard InChI is InChI=1S/C17H15N5S/c1-11-13(9-18)23-17-14(11)16(19-10-22(2)3)20-15(21-17)12-7-5-4-6-8-12/h4-8,10H,1-3H3/p+1. The van der Waals surface area contributed by atoms with Gasteiger partial charge in [0.05, 0.1) is 19.5 Å². The summed E-state index contributed by atoms with van der Waals surface area (Å²) in [5.74, 6) is 1.37. The minimum atomic E-state index is 0.651. The fourth-order valence-corrected chi connectivity index (χ4v) is 3.23. The van der Waals surface area contributed by atoms with Gasteiger partial charge < -0.3 is 0 Å². The molecule has 2 heterocycles. The van der Waals surface area contributed by atoms with Gasteiger partial charge in [0.1, 0.15) is 15.8 Å². The molecule has 0 unspecified atom stereocenters. The lowest BCUT2D eigenvalue weighted by Crippen LogP contribution is -2.09. The molecule has 0 fully saturated rings. The highest BCUT2D eigenvalue weighted by Crippen LogP contribution is 2.34. The number of nitrogens with zero attached hydrogens (tertiary/aromatic N) is 4. The lowest BCUT2D eigenvalue weighted by molar-refractivity contribution is -0.459. The van der Waals surface area contributed by atoms with E-state index in [0.29, 0.717) is 10.7 Å². The van der Waals surface area contributed by atoms with Crippen LogP contribution in [-0.4, -0.2) is 35.0 Å². The van der Waals surface area contributed by atoms with Crippen molar-refractivity contribution in [3.8, 4) is 17.5 Å². The van der Waals surface area contributed by atoms with Gasteiger partial charge in [0, 0.05) is 5.56 Å². The van der Waals surface area contributed by atoms with Crippen molar-refractivity contribution in [3.63, 3.8) is 0 Å². The Kier molecular flexibility index (Phi) is 4.04. The first-order valence-electron chi connectivity index (χ1n) is 7.13. The zero-order valence-corrected chi connectivity index (χ0v) is 14.0. The van der Waals surface area contributed by atoms with Crippen LogP contribution in [0, 0.1) is 18.3 Å². The summed E-state index contributed by atoms with van der Waals surface area (Å²) in [5, 5.41) is 13.4. The average Bonchev–Trinajstić information content (AvgIpc) is 2.89. The van der Waals surface area contributed by atoms with E-state index < -0.39 is 0 Å². The molecule has 0 amide bonds. The lowest BCUT2D eigenvalue weighted by atomic mass is 10.2. The zero-order chi connectivity index (χ0) is 16.4. The fourth-order valence-electron chi connectivity index (χ4n) is 2.26. The number of aryl methyl sites for hydroxylation is 1. The van der Waals surface area contributed by atoms with Gasteiger partial charge >= 0.3 is 0 Å². The van der Waals surface area contributed by atoms with Crippen LogP contribution < -0.4 is 5.32 Å². The van der Waals surface area contributed by atoms with Gasteiger partial charge in [-0.15, -0.1) is 11.3 Å². The summed E-state index contributed by atoms with van der Waals surface area (Å²) < 4.78 is 1.91. The van der Waals surface area contributed by atoms with Gasteiger partial charge in [-0.3, -0.25) is 4.58 Å². The second-order valence-electron chi connectivity index (χ2n) is 5.35. The molecule has 2 aromatic heterocycles. The van der Waals surface area contributed by atoms with Crippen molar-refractivity contribution in [2.24, 2.45) is 0 Å². The molecular formula is C17H16N5S+. The van der Waals surface area contributed by atoms with Crippen LogP contribution in [0.25, 0.3) is 21.6 Å². The monoisotopic (exact) mass is 322 g/mol. The van der Waals surface area contributed by atoms with E-state index in [4.69, 9.17) is 0 Å². The predicted molar refractivity (Wildman–Crippen MR) is 94.1 cm³/mol. The number of nitrogens with one attached hydrogen (secondary N) is 1. The summed E-state index contributed by atoms with van der Waals surface area (Å²) >= 11 is 1.40. The van der Waals surface area contributed by atoms with E-state index >= 15 is 0 Å². The number of thiophene rings is 1. The number of hydrogen-bond acceptors (Lipinski definition) is 4. The van der Waals surface area contributed by atoms with Crippen LogP contribution in [0.1, 0.15) is 10.4 Å². The van der Waals surface area contributed by atoms with Crippen LogP contribution in [0.15, 0.2) is 30.3 Å². The van der Waals surface area contributed by atoms with Gasteiger partial charge in [-0.25, -0.2) is 10.3 Å². The minimum Gasteiger partial charge on any atom is -0.273 e. The highest BCUT2D eigenvalue weighted by molar-refractivity contribution is 7.19. The van der Waals surface area contributed by atoms with E-state index in [1.807, 2.05) is 62.3 Å². The van der Waals surface area contributed by atoms with E-state index in [1.165, 1.54) is 11.3 Å². The van der Waals surface area contributed by atoms with Crippen LogP contribution in [0.4, 0.5) is 5.82 Å². The smallest absolute Gasteiger partial charge is 0.237 e. The van der Waals surface area contributed by atoms with E-state index in [-0.39, 0.29) is 0 Å². The normalized spacial score (nSPS) is 10.3. The number of anilines is 1. The van der Waals surface area contributed by atoms with Crippen molar-refractivity contribution in [3.05, 3.63) is 40.8 Å². The number of nitriles is 1. The lowest BCUT2D eigenvalue weighted by Gasteiger charge is -2.04. The summed E-state index contributed by atoms with van der Waals surface area (Å²) in [5.41, 5.74) is 1.87. The molecule has 5 nitrogen and oxygen atoms in total. The Labute approximate surface area is 138 Å². The third-order valence-corrected chi connectivity index (χ3v) is 4.47. The van der Waals surface area contributed by atoms with Gasteiger partial charge in [0.25, 0.3) is 0 Å². The molecule has 0 saturated heterocycles. The maximum atomic E-state index is 9.29. The Morgan fingerprint density at radius 1 is 1.22 bits per heavy atom. The maximum absolute atomic E-state index is 9.29. The van der Waals surface area contributed by atoms with Crippen molar-refractivity contribution < 1.29 is 4.58 Å². The molecule has 23 heavy (non-hydrogen) atoms. The average molecular weight is 322 g/mol. The first-order valence-corrected chi connectivity index (χ1v) is 7.94. The molecule has 0 spiro atoms. The molecule has 0 aliphatic rings. The van der Waals surface area contributed by atoms with Crippen LogP contribution >= 0.6 is 11.3 Å². The molecule has 114 valence electrons. The van der Waals surface area contributed by atoms with Crippen molar-refractivity contribution in [1.82, 2.24) is 9.97 Å². The van der Waals surface area contributed by atoms with E-state index in [1.54, 1.807) is 0 Å². The highest BCUT2D eigenvalue weighted by atomic mass is 32.1. The summed E-state index contributed by atoms with van der Waals surface area (Å²) in [4.78, 5) is 10.8. The summed E-state index contributed by atoms with van der Waals surface area (Å²) in [6, 6.07) is 12.1. The number of fused-ring (bicyclic) bond motifs is 1. The van der Waals surface area contributed by atoms with Crippen molar-refractivity contribution >= 4 is 33.7 Å². The quantitative estimate of drug-likeness (QED) is 0.457. The number of hydrogen-bond donors (Lipinski definition) is 1. The molecule has 3 rings (SSSR count). The third kappa shape index (κ3) is 2.91. The SMILES string of the molecule is Cc1c(C#N)sc2nc(-c3ccccc3)nc(NC=[N+](C)C)c12. The Hall–Kier alpha value is -2.78. The molecule has 0 saturated carbocycles. The minimum absolute atomic E-state index is 0.651. The maximum Gasteiger partial charge on any atom is 0.237 e. The second-order valence-corrected chi connectivity index (χ2v) is 6.35. The molecule has 1 aromatic carbocycles. The number of aromatic nitrogens is 2. The molecule has 0 aliphatic carbocycles. The van der Waals surface area contributed by atoms with Crippen LogP contribution in [0.3, 0.4) is 0 Å². The summed E-state index contributed by atoms with van der Waals surface area (Å²) in [7, 11) is 3.87. The molecule has 0 bridgehead atoms. The Morgan fingerprint density at radius 2 is 1.96 bits per heavy atom. The van der Waals surface area contributed by atoms with Crippen molar-refractivity contribution in [1.29, 1.82) is 5.26 Å². The molecule has 0 atom stereocenters. The largest absolute Gasteiger partial charge is 0.273 e. The number of benzene rings is 1. The predicted octanol–water partition coefficient (Wildman–Crippen LogP) is 3.25. The van der Waals surface area contributed by atoms with E-state index in [9.17, 15) is 5.26 Å². The van der Waals surface area contributed by atoms with Crippen LogP contribution in [-0.2, 0) is 0 Å². The Morgan fingerprint density at radius 3 is 2.61 bits per heavy atom. The Bertz CT molecular complexity index is 931. The first-order chi connectivity index (χ1) is 11.1. The van der Waals surface area contributed by atoms with Crippen LogP contribution in [0.2, 0.25) is 0 Å². The molecule has 6 heteroatoms. The molecule has 3 aromatic rings. The van der Waals surface area contributed by atoms with Gasteiger partial charge in [0.2, 0.25) is 12.2 Å². The van der Waals surface area contributed by atoms with E-state index in [0.717, 1.165) is 27.2 Å². The zero-order valence-electron chi connectivity index (χ0n) is 13.2. The van der Waals surface area contributed by atoms with Crippen molar-refractivity contribution in [2.45, 2.75) is 6.92 Å². The van der Waals surface area contributed by atoms with Gasteiger partial charge in [-0.05, 0) is 12.5 Å². The fraction of sp³-hybridized carbons (Fsp3) is 0.176. The van der Waals surface area contributed by atoms with E-state index in [2.05, 4.69) is 21.4 Å².